The van der Waals surface area contributed by atoms with Gasteiger partial charge in [0.1, 0.15) is 22.7 Å². The van der Waals surface area contributed by atoms with Gasteiger partial charge in [0, 0.05) is 29.6 Å². The van der Waals surface area contributed by atoms with Crippen LogP contribution in [-0.2, 0) is 13.9 Å². The molecule has 1 aromatic heterocycles. The lowest BCUT2D eigenvalue weighted by atomic mass is 10.00. The molecular weight excluding hydrogens is 694 g/mol. The van der Waals surface area contributed by atoms with E-state index in [1.165, 1.54) is 12.1 Å². The molecule has 290 valence electrons. The van der Waals surface area contributed by atoms with Gasteiger partial charge in [0.2, 0.25) is 8.32 Å². The number of halogens is 1. The van der Waals surface area contributed by atoms with Crippen LogP contribution in [0.2, 0.25) is 16.6 Å². The summed E-state index contributed by atoms with van der Waals surface area (Å²) in [6.45, 7) is 23.7. The second-order valence-electron chi connectivity index (χ2n) is 16.5. The lowest BCUT2D eigenvalue weighted by molar-refractivity contribution is 0.0442. The number of hydrogen-bond donors (Lipinski definition) is 4. The fourth-order valence-electron chi connectivity index (χ4n) is 7.02. The first-order valence-corrected chi connectivity index (χ1v) is 20.4. The summed E-state index contributed by atoms with van der Waals surface area (Å²) in [4.78, 5) is 43.2. The predicted molar refractivity (Wildman–Crippen MR) is 209 cm³/mol. The first-order chi connectivity index (χ1) is 24.6. The van der Waals surface area contributed by atoms with Crippen molar-refractivity contribution in [2.24, 2.45) is 0 Å². The Morgan fingerprint density at radius 3 is 1.92 bits per heavy atom. The van der Waals surface area contributed by atoms with E-state index in [-0.39, 0.29) is 41.8 Å². The summed E-state index contributed by atoms with van der Waals surface area (Å²) in [6, 6.07) is 12.3. The Morgan fingerprint density at radius 2 is 1.40 bits per heavy atom. The van der Waals surface area contributed by atoms with E-state index >= 15 is 0 Å². The van der Waals surface area contributed by atoms with Crippen molar-refractivity contribution in [3.8, 4) is 17.2 Å². The molecule has 0 aliphatic carbocycles. The largest absolute Gasteiger partial charge is 0.444 e. The van der Waals surface area contributed by atoms with Crippen molar-refractivity contribution in [1.82, 2.24) is 20.9 Å². The lowest BCUT2D eigenvalue weighted by Gasteiger charge is -2.45. The van der Waals surface area contributed by atoms with Crippen molar-refractivity contribution in [1.29, 1.82) is 5.26 Å². The number of carbonyl (C=O) groups is 3. The summed E-state index contributed by atoms with van der Waals surface area (Å²) >= 11 is 0. The Morgan fingerprint density at radius 1 is 0.830 bits per heavy atom. The van der Waals surface area contributed by atoms with E-state index in [4.69, 9.17) is 13.9 Å². The van der Waals surface area contributed by atoms with Crippen LogP contribution in [0.25, 0.3) is 22.0 Å². The van der Waals surface area contributed by atoms with Crippen molar-refractivity contribution in [3.05, 3.63) is 59.5 Å². The Hall–Kier alpha value is -4.41. The zero-order valence-electron chi connectivity index (χ0n) is 33.3. The molecule has 0 aliphatic rings. The van der Waals surface area contributed by atoms with Gasteiger partial charge in [-0.05, 0) is 100 Å². The van der Waals surface area contributed by atoms with Gasteiger partial charge in [-0.2, -0.15) is 5.26 Å². The number of hydrogen-bond acceptors (Lipinski definition) is 7. The van der Waals surface area contributed by atoms with Crippen LogP contribution in [-0.4, -0.2) is 67.8 Å². The Bertz CT molecular complexity index is 1750. The first-order valence-electron chi connectivity index (χ1n) is 18.3. The van der Waals surface area contributed by atoms with Crippen LogP contribution in [0.1, 0.15) is 106 Å². The first kappa shape index (κ1) is 43.0. The molecule has 3 amide bonds. The number of amides is 3. The average Bonchev–Trinajstić information content (AvgIpc) is 3.41. The number of nitriles is 1. The van der Waals surface area contributed by atoms with Gasteiger partial charge in [0.25, 0.3) is 5.91 Å². The standard InChI is InChI=1S/C40H58FN5O6Si/c1-24(2)53(25(3)4,26(5)6)52-31(23-44-37(48)50-39(7,8)9)20-30(45-38(49)51-40(10,11)12)22-43-36(47)35-34(28-15-13-27(21-42)14-16-28)32-19-29(41)17-18-33(32)46-35/h13-19,24-26,30-31,46H,20,22-23H2,1-12H3,(H,43,47)(H,44,48)(H,45,49)/t30-,31?/m0/s1. The smallest absolute Gasteiger partial charge is 0.407 e. The summed E-state index contributed by atoms with van der Waals surface area (Å²) in [5.74, 6) is -0.952. The summed E-state index contributed by atoms with van der Waals surface area (Å²) in [7, 11) is -2.51. The zero-order valence-corrected chi connectivity index (χ0v) is 34.3. The van der Waals surface area contributed by atoms with E-state index in [1.54, 1.807) is 71.9 Å². The monoisotopic (exact) mass is 751 g/mol. The third kappa shape index (κ3) is 11.8. The summed E-state index contributed by atoms with van der Waals surface area (Å²) in [6.07, 6.45) is -1.61. The maximum absolute atomic E-state index is 14.5. The second kappa shape index (κ2) is 17.6. The molecule has 0 spiro atoms. The van der Waals surface area contributed by atoms with Gasteiger partial charge >= 0.3 is 12.2 Å². The van der Waals surface area contributed by atoms with E-state index in [0.29, 0.717) is 27.6 Å². The van der Waals surface area contributed by atoms with Crippen molar-refractivity contribution in [3.63, 3.8) is 0 Å². The molecule has 4 N–H and O–H groups in total. The molecule has 1 unspecified atom stereocenters. The van der Waals surface area contributed by atoms with E-state index < -0.39 is 55.6 Å². The Balaban J connectivity index is 2.02. The maximum Gasteiger partial charge on any atom is 0.407 e. The predicted octanol–water partition coefficient (Wildman–Crippen LogP) is 8.94. The minimum Gasteiger partial charge on any atom is -0.444 e. The van der Waals surface area contributed by atoms with Crippen LogP contribution >= 0.6 is 0 Å². The van der Waals surface area contributed by atoms with Gasteiger partial charge < -0.3 is 34.8 Å². The van der Waals surface area contributed by atoms with Crippen LogP contribution in [0, 0.1) is 17.1 Å². The van der Waals surface area contributed by atoms with E-state index in [9.17, 15) is 24.0 Å². The molecule has 2 atom stereocenters. The van der Waals surface area contributed by atoms with Crippen LogP contribution in [0.5, 0.6) is 0 Å². The lowest BCUT2D eigenvalue weighted by Crippen LogP contribution is -2.55. The molecule has 2 aromatic carbocycles. The molecule has 11 nitrogen and oxygen atoms in total. The van der Waals surface area contributed by atoms with E-state index in [0.717, 1.165) is 0 Å². The molecule has 3 aromatic rings. The molecule has 0 aliphatic heterocycles. The highest BCUT2D eigenvalue weighted by molar-refractivity contribution is 6.77. The van der Waals surface area contributed by atoms with Crippen molar-refractivity contribution in [2.45, 2.75) is 129 Å². The number of fused-ring (bicyclic) bond motifs is 1. The maximum atomic E-state index is 14.5. The molecule has 0 radical (unpaired) electrons. The molecule has 1 heterocycles. The molecule has 0 bridgehead atoms. The molecule has 0 fully saturated rings. The highest BCUT2D eigenvalue weighted by atomic mass is 28.4. The van der Waals surface area contributed by atoms with Gasteiger partial charge in [0.05, 0.1) is 23.8 Å². The number of H-pyrrole nitrogens is 1. The van der Waals surface area contributed by atoms with E-state index in [1.807, 2.05) is 0 Å². The molecule has 0 saturated heterocycles. The van der Waals surface area contributed by atoms with Crippen molar-refractivity contribution in [2.75, 3.05) is 13.1 Å². The van der Waals surface area contributed by atoms with E-state index in [2.05, 4.69) is 68.5 Å². The number of alkyl carbamates (subject to hydrolysis) is 2. The van der Waals surface area contributed by atoms with Gasteiger partial charge in [0.15, 0.2) is 0 Å². The molecular formula is C40H58FN5O6Si. The molecule has 13 heteroatoms. The van der Waals surface area contributed by atoms with Gasteiger partial charge in [-0.3, -0.25) is 4.79 Å². The topological polar surface area (TPSA) is 155 Å². The van der Waals surface area contributed by atoms with Crippen LogP contribution in [0.4, 0.5) is 14.0 Å². The normalized spacial score (nSPS) is 13.5. The summed E-state index contributed by atoms with van der Waals surface area (Å²) < 4.78 is 32.8. The highest BCUT2D eigenvalue weighted by Gasteiger charge is 2.47. The van der Waals surface area contributed by atoms with Crippen LogP contribution < -0.4 is 16.0 Å². The number of rotatable bonds is 14. The van der Waals surface area contributed by atoms with Gasteiger partial charge in [-0.15, -0.1) is 0 Å². The van der Waals surface area contributed by atoms with Crippen molar-refractivity contribution >= 4 is 37.3 Å². The minimum atomic E-state index is -2.51. The van der Waals surface area contributed by atoms with Gasteiger partial charge in [-0.25, -0.2) is 14.0 Å². The number of benzene rings is 2. The summed E-state index contributed by atoms with van der Waals surface area (Å²) in [5, 5.41) is 18.6. The number of ether oxygens (including phenoxy) is 2. The van der Waals surface area contributed by atoms with Crippen LogP contribution in [0.3, 0.4) is 0 Å². The third-order valence-corrected chi connectivity index (χ3v) is 15.2. The third-order valence-electron chi connectivity index (χ3n) is 9.02. The zero-order chi connectivity index (χ0) is 39.9. The average molecular weight is 752 g/mol. The SMILES string of the molecule is CC(C)[Si](OC(CNC(=O)OC(C)(C)C)C[C@@H](CNC(=O)c1[nH]c2ccc(F)cc2c1-c1ccc(C#N)cc1)NC(=O)OC(C)(C)C)(C(C)C)C(C)C. The number of carbonyl (C=O) groups excluding carboxylic acids is 3. The Kier molecular flexibility index (Phi) is 14.3. The molecule has 0 saturated carbocycles. The number of nitrogens with one attached hydrogen (secondary N) is 4. The Labute approximate surface area is 314 Å². The van der Waals surface area contributed by atoms with Gasteiger partial charge in [-0.1, -0.05) is 53.7 Å². The van der Waals surface area contributed by atoms with Crippen molar-refractivity contribution < 1.29 is 32.7 Å². The number of nitrogens with zero attached hydrogens (tertiary/aromatic N) is 1. The fourth-order valence-corrected chi connectivity index (χ4v) is 12.6. The van der Waals surface area contributed by atoms with Crippen LogP contribution in [0.15, 0.2) is 42.5 Å². The molecule has 53 heavy (non-hydrogen) atoms. The number of aromatic amines is 1. The fraction of sp³-hybridized carbons (Fsp3) is 0.550. The second-order valence-corrected chi connectivity index (χ2v) is 21.9. The highest BCUT2D eigenvalue weighted by Crippen LogP contribution is 2.43. The minimum absolute atomic E-state index is 0.0273. The summed E-state index contributed by atoms with van der Waals surface area (Å²) in [5.41, 5.74) is 1.49. The number of aromatic nitrogens is 1. The molecule has 3 rings (SSSR count). The quantitative estimate of drug-likeness (QED) is 0.120.